The molecular formula is C21H34N4O3S. The van der Waals surface area contributed by atoms with Gasteiger partial charge in [-0.2, -0.15) is 0 Å². The minimum atomic E-state index is -2.98. The number of sulfone groups is 1. The maximum atomic E-state index is 12.0. The Hall–Kier alpha value is -2.09. The Kier molecular flexibility index (Phi) is 8.07. The summed E-state index contributed by atoms with van der Waals surface area (Å²) in [4.78, 5) is 16.1. The average molecular weight is 423 g/mol. The quantitative estimate of drug-likeness (QED) is 0.455. The van der Waals surface area contributed by atoms with Gasteiger partial charge >= 0.3 is 0 Å². The van der Waals surface area contributed by atoms with Crippen molar-refractivity contribution < 1.29 is 13.2 Å². The molecule has 0 bridgehead atoms. The lowest BCUT2D eigenvalue weighted by Crippen LogP contribution is -2.41. The fourth-order valence-electron chi connectivity index (χ4n) is 3.22. The minimum Gasteiger partial charge on any atom is -0.356 e. The number of amides is 1. The number of aliphatic imine (C=N–C) groups is 1. The first-order valence-corrected chi connectivity index (χ1v) is 11.9. The summed E-state index contributed by atoms with van der Waals surface area (Å²) in [5.41, 5.74) is 2.73. The van der Waals surface area contributed by atoms with Crippen LogP contribution in [0, 0.1) is 0 Å². The fourth-order valence-corrected chi connectivity index (χ4v) is 4.89. The van der Waals surface area contributed by atoms with E-state index in [1.165, 1.54) is 11.1 Å². The van der Waals surface area contributed by atoms with Gasteiger partial charge in [0.05, 0.1) is 11.5 Å². The normalized spacial score (nSPS) is 19.0. The van der Waals surface area contributed by atoms with Crippen LogP contribution in [0.25, 0.3) is 0 Å². The second-order valence-corrected chi connectivity index (χ2v) is 10.8. The number of hydrogen-bond acceptors (Lipinski definition) is 4. The molecule has 1 aromatic carbocycles. The summed E-state index contributed by atoms with van der Waals surface area (Å²) in [6.45, 7) is 7.78. The van der Waals surface area contributed by atoms with Crippen LogP contribution in [0.15, 0.2) is 29.3 Å². The third kappa shape index (κ3) is 8.04. The number of hydrogen-bond donors (Lipinski definition) is 3. The minimum absolute atomic E-state index is 0.0477. The molecule has 1 aliphatic rings. The predicted octanol–water partition coefficient (Wildman–Crippen LogP) is 1.39. The number of guanidine groups is 1. The summed E-state index contributed by atoms with van der Waals surface area (Å²) in [6.07, 6.45) is 1.65. The van der Waals surface area contributed by atoms with Gasteiger partial charge in [-0.15, -0.1) is 0 Å². The molecule has 7 nitrogen and oxygen atoms in total. The maximum absolute atomic E-state index is 12.0. The highest BCUT2D eigenvalue weighted by Crippen LogP contribution is 2.22. The second kappa shape index (κ2) is 10.1. The zero-order valence-corrected chi connectivity index (χ0v) is 18.7. The van der Waals surface area contributed by atoms with Crippen molar-refractivity contribution >= 4 is 21.7 Å². The van der Waals surface area contributed by atoms with E-state index in [4.69, 9.17) is 0 Å². The van der Waals surface area contributed by atoms with E-state index in [-0.39, 0.29) is 35.3 Å². The lowest BCUT2D eigenvalue weighted by Gasteiger charge is -2.19. The van der Waals surface area contributed by atoms with Gasteiger partial charge in [0.1, 0.15) is 0 Å². The molecule has 162 valence electrons. The predicted molar refractivity (Wildman–Crippen MR) is 118 cm³/mol. The molecule has 1 atom stereocenters. The van der Waals surface area contributed by atoms with E-state index in [1.54, 1.807) is 7.05 Å². The summed E-state index contributed by atoms with van der Waals surface area (Å²) in [5, 5.41) is 9.15. The third-order valence-corrected chi connectivity index (χ3v) is 6.76. The van der Waals surface area contributed by atoms with E-state index in [9.17, 15) is 13.2 Å². The highest BCUT2D eigenvalue weighted by atomic mass is 32.2. The van der Waals surface area contributed by atoms with Crippen molar-refractivity contribution in [3.8, 4) is 0 Å². The molecule has 29 heavy (non-hydrogen) atoms. The van der Waals surface area contributed by atoms with Crippen LogP contribution < -0.4 is 16.0 Å². The van der Waals surface area contributed by atoms with Crippen LogP contribution in [-0.4, -0.2) is 58.0 Å². The topological polar surface area (TPSA) is 99.7 Å². The molecule has 1 amide bonds. The summed E-state index contributed by atoms with van der Waals surface area (Å²) in [5.74, 6) is 0.708. The fraction of sp³-hybridized carbons (Fsp3) is 0.619. The zero-order chi connectivity index (χ0) is 21.5. The molecule has 1 unspecified atom stereocenters. The van der Waals surface area contributed by atoms with Gasteiger partial charge in [-0.25, -0.2) is 8.42 Å². The molecule has 1 saturated heterocycles. The van der Waals surface area contributed by atoms with Crippen molar-refractivity contribution in [2.24, 2.45) is 4.99 Å². The molecule has 1 fully saturated rings. The Morgan fingerprint density at radius 3 is 2.34 bits per heavy atom. The molecule has 0 spiro atoms. The van der Waals surface area contributed by atoms with E-state index in [2.05, 4.69) is 66.0 Å². The molecule has 1 aliphatic heterocycles. The Bertz CT molecular complexity index is 811. The van der Waals surface area contributed by atoms with Gasteiger partial charge in [0, 0.05) is 32.6 Å². The Labute approximate surface area is 174 Å². The van der Waals surface area contributed by atoms with Crippen LogP contribution in [0.3, 0.4) is 0 Å². The Morgan fingerprint density at radius 1 is 1.14 bits per heavy atom. The van der Waals surface area contributed by atoms with Crippen LogP contribution >= 0.6 is 0 Å². The Morgan fingerprint density at radius 2 is 1.79 bits per heavy atom. The van der Waals surface area contributed by atoms with Crippen LogP contribution in [0.4, 0.5) is 0 Å². The smallest absolute Gasteiger partial charge is 0.222 e. The summed E-state index contributed by atoms with van der Waals surface area (Å²) < 4.78 is 22.9. The van der Waals surface area contributed by atoms with Gasteiger partial charge in [-0.1, -0.05) is 45.0 Å². The van der Waals surface area contributed by atoms with Crippen molar-refractivity contribution in [2.45, 2.75) is 51.5 Å². The van der Waals surface area contributed by atoms with Crippen molar-refractivity contribution in [1.82, 2.24) is 16.0 Å². The lowest BCUT2D eigenvalue weighted by atomic mass is 9.86. The van der Waals surface area contributed by atoms with Crippen LogP contribution in [0.1, 0.15) is 44.7 Å². The van der Waals surface area contributed by atoms with Gasteiger partial charge in [-0.05, 0) is 29.4 Å². The monoisotopic (exact) mass is 422 g/mol. The van der Waals surface area contributed by atoms with Gasteiger partial charge in [-0.3, -0.25) is 9.79 Å². The molecular weight excluding hydrogens is 388 g/mol. The number of nitrogens with zero attached hydrogens (tertiary/aromatic N) is 1. The molecule has 1 aromatic rings. The van der Waals surface area contributed by atoms with Gasteiger partial charge in [0.15, 0.2) is 15.8 Å². The molecule has 3 N–H and O–H groups in total. The number of carbonyl (C=O) groups excluding carboxylic acids is 1. The average Bonchev–Trinajstić information content (AvgIpc) is 2.98. The summed E-state index contributed by atoms with van der Waals surface area (Å²) >= 11 is 0. The van der Waals surface area contributed by atoms with E-state index < -0.39 is 9.84 Å². The zero-order valence-electron chi connectivity index (χ0n) is 17.9. The van der Waals surface area contributed by atoms with E-state index in [0.29, 0.717) is 18.9 Å². The number of rotatable bonds is 7. The molecule has 8 heteroatoms. The molecule has 0 saturated carbocycles. The number of nitrogens with one attached hydrogen (secondary N) is 3. The summed E-state index contributed by atoms with van der Waals surface area (Å²) in [7, 11) is -1.29. The molecule has 0 aliphatic carbocycles. The molecule has 0 aromatic heterocycles. The largest absolute Gasteiger partial charge is 0.356 e. The van der Waals surface area contributed by atoms with Gasteiger partial charge < -0.3 is 16.0 Å². The first kappa shape index (κ1) is 23.2. The third-order valence-electron chi connectivity index (χ3n) is 4.99. The highest BCUT2D eigenvalue weighted by molar-refractivity contribution is 7.91. The van der Waals surface area contributed by atoms with Gasteiger partial charge in [0.25, 0.3) is 0 Å². The standard InChI is InChI=1S/C21H34N4O3S/c1-21(2,3)17-7-5-16(6-8-17)9-12-23-20(22-4)24-13-10-19(26)25-18-11-14-29(27,28)15-18/h5-8,18H,9-15H2,1-4H3,(H,25,26)(H2,22,23,24). The van der Waals surface area contributed by atoms with Crippen molar-refractivity contribution in [1.29, 1.82) is 0 Å². The van der Waals surface area contributed by atoms with E-state index in [0.717, 1.165) is 13.0 Å². The van der Waals surface area contributed by atoms with E-state index >= 15 is 0 Å². The van der Waals surface area contributed by atoms with Gasteiger partial charge in [0.2, 0.25) is 5.91 Å². The molecule has 2 rings (SSSR count). The Balaban J connectivity index is 1.65. The van der Waals surface area contributed by atoms with E-state index in [1.807, 2.05) is 0 Å². The van der Waals surface area contributed by atoms with Crippen molar-refractivity contribution in [2.75, 3.05) is 31.6 Å². The lowest BCUT2D eigenvalue weighted by molar-refractivity contribution is -0.121. The first-order chi connectivity index (χ1) is 13.6. The maximum Gasteiger partial charge on any atom is 0.222 e. The highest BCUT2D eigenvalue weighted by Gasteiger charge is 2.28. The van der Waals surface area contributed by atoms with Crippen LogP contribution in [0.5, 0.6) is 0 Å². The SMILES string of the molecule is CN=C(NCCC(=O)NC1CCS(=O)(=O)C1)NCCc1ccc(C(C)(C)C)cc1. The van der Waals surface area contributed by atoms with Crippen LogP contribution in [0.2, 0.25) is 0 Å². The second-order valence-electron chi connectivity index (χ2n) is 8.54. The number of carbonyl (C=O) groups is 1. The summed E-state index contributed by atoms with van der Waals surface area (Å²) in [6, 6.07) is 8.42. The number of benzene rings is 1. The first-order valence-electron chi connectivity index (χ1n) is 10.1. The molecule has 1 heterocycles. The van der Waals surface area contributed by atoms with Crippen LogP contribution in [-0.2, 0) is 26.5 Å². The molecule has 0 radical (unpaired) electrons. The van der Waals surface area contributed by atoms with Crippen molar-refractivity contribution in [3.05, 3.63) is 35.4 Å². The van der Waals surface area contributed by atoms with Crippen molar-refractivity contribution in [3.63, 3.8) is 0 Å².